The Morgan fingerprint density at radius 3 is 2.59 bits per heavy atom. The van der Waals surface area contributed by atoms with E-state index in [-0.39, 0.29) is 12.1 Å². The first-order valence-corrected chi connectivity index (χ1v) is 10.3. The second kappa shape index (κ2) is 8.48. The zero-order valence-electron chi connectivity index (χ0n) is 16.2. The van der Waals surface area contributed by atoms with Crippen molar-refractivity contribution in [2.24, 2.45) is 0 Å². The highest BCUT2D eigenvalue weighted by Crippen LogP contribution is 2.36. The number of para-hydroxylation sites is 1. The highest BCUT2D eigenvalue weighted by molar-refractivity contribution is 5.74. The number of methoxy groups -OCH3 is 1. The number of fused-ring (bicyclic) bond motifs is 2. The summed E-state index contributed by atoms with van der Waals surface area (Å²) < 4.78 is 10.9. The van der Waals surface area contributed by atoms with Gasteiger partial charge in [-0.15, -0.1) is 0 Å². The van der Waals surface area contributed by atoms with Gasteiger partial charge in [0.2, 0.25) is 0 Å². The molecule has 0 unspecified atom stereocenters. The lowest BCUT2D eigenvalue weighted by Crippen LogP contribution is -2.58. The van der Waals surface area contributed by atoms with Gasteiger partial charge in [-0.2, -0.15) is 0 Å². The fraction of sp³-hybridized carbons (Fsp3) is 0.667. The summed E-state index contributed by atoms with van der Waals surface area (Å²) in [5.74, 6) is 0.971. The molecular weight excluding hydrogens is 342 g/mol. The van der Waals surface area contributed by atoms with Gasteiger partial charge in [0, 0.05) is 43.3 Å². The number of piperidine rings is 2. The lowest BCUT2D eigenvalue weighted by molar-refractivity contribution is 0.0156. The first-order valence-electron chi connectivity index (χ1n) is 10.3. The van der Waals surface area contributed by atoms with E-state index in [1.165, 1.54) is 24.8 Å². The molecule has 1 aromatic carbocycles. The Morgan fingerprint density at radius 2 is 1.89 bits per heavy atom. The number of amides is 2. The highest BCUT2D eigenvalue weighted by Gasteiger charge is 2.39. The number of benzene rings is 1. The first-order chi connectivity index (χ1) is 13.2. The summed E-state index contributed by atoms with van der Waals surface area (Å²) in [5.41, 5.74) is 1.26. The summed E-state index contributed by atoms with van der Waals surface area (Å²) in [7, 11) is 1.74. The molecule has 3 aliphatic rings. The average molecular weight is 373 g/mol. The number of carbonyl (C=O) groups is 1. The Bertz CT molecular complexity index is 633. The van der Waals surface area contributed by atoms with Crippen molar-refractivity contribution in [2.45, 2.75) is 56.8 Å². The predicted molar refractivity (Wildman–Crippen MR) is 104 cm³/mol. The minimum atomic E-state index is 0.0829. The van der Waals surface area contributed by atoms with Gasteiger partial charge in [0.15, 0.2) is 0 Å². The maximum atomic E-state index is 12.6. The molecule has 0 radical (unpaired) electrons. The molecule has 3 saturated heterocycles. The molecule has 1 aromatic rings. The Hall–Kier alpha value is -1.79. The number of urea groups is 1. The van der Waals surface area contributed by atoms with E-state index < -0.39 is 0 Å². The summed E-state index contributed by atoms with van der Waals surface area (Å²) in [6, 6.07) is 9.76. The maximum absolute atomic E-state index is 12.6. The number of nitrogens with one attached hydrogen (secondary N) is 1. The van der Waals surface area contributed by atoms with Crippen LogP contribution < -0.4 is 10.1 Å². The van der Waals surface area contributed by atoms with Crippen LogP contribution in [0.15, 0.2) is 24.3 Å². The number of hydrogen-bond acceptors (Lipinski definition) is 4. The lowest BCUT2D eigenvalue weighted by Gasteiger charge is -2.49. The molecule has 1 N–H and O–H groups in total. The van der Waals surface area contributed by atoms with Gasteiger partial charge in [-0.05, 0) is 31.7 Å². The van der Waals surface area contributed by atoms with Crippen LogP contribution in [0.25, 0.3) is 0 Å². The van der Waals surface area contributed by atoms with Crippen LogP contribution in [0.1, 0.15) is 37.7 Å². The zero-order valence-corrected chi connectivity index (χ0v) is 16.2. The van der Waals surface area contributed by atoms with Crippen LogP contribution in [0.4, 0.5) is 4.79 Å². The molecule has 2 atom stereocenters. The second-order valence-electron chi connectivity index (χ2n) is 7.94. The lowest BCUT2D eigenvalue weighted by atomic mass is 9.81. The Kier molecular flexibility index (Phi) is 5.83. The van der Waals surface area contributed by atoms with Crippen LogP contribution in [-0.4, -0.2) is 67.4 Å². The summed E-state index contributed by atoms with van der Waals surface area (Å²) in [4.78, 5) is 17.1. The van der Waals surface area contributed by atoms with Gasteiger partial charge in [-0.1, -0.05) is 24.6 Å². The average Bonchev–Trinajstić information content (AvgIpc) is 2.69. The number of rotatable bonds is 4. The van der Waals surface area contributed by atoms with Gasteiger partial charge in [0.05, 0.1) is 20.3 Å². The number of carbonyl (C=O) groups excluding carboxylic acids is 1. The van der Waals surface area contributed by atoms with E-state index in [1.54, 1.807) is 7.11 Å². The SMILES string of the molecule is COc1ccccc1CN1[C@H]2CCC[C@H]1CC(NC(=O)N1CCOCC1)C2. The Labute approximate surface area is 161 Å². The van der Waals surface area contributed by atoms with Crippen molar-refractivity contribution in [1.82, 2.24) is 15.1 Å². The molecular formula is C21H31N3O3. The van der Waals surface area contributed by atoms with Gasteiger partial charge in [-0.3, -0.25) is 4.90 Å². The van der Waals surface area contributed by atoms with Crippen LogP contribution in [0.3, 0.4) is 0 Å². The Balaban J connectivity index is 1.39. The fourth-order valence-electron chi connectivity index (χ4n) is 4.92. The van der Waals surface area contributed by atoms with E-state index in [1.807, 2.05) is 17.0 Å². The van der Waals surface area contributed by atoms with Crippen LogP contribution in [0.2, 0.25) is 0 Å². The second-order valence-corrected chi connectivity index (χ2v) is 7.94. The van der Waals surface area contributed by atoms with Crippen molar-refractivity contribution in [2.75, 3.05) is 33.4 Å². The molecule has 148 valence electrons. The minimum absolute atomic E-state index is 0.0829. The van der Waals surface area contributed by atoms with Crippen LogP contribution in [-0.2, 0) is 11.3 Å². The van der Waals surface area contributed by atoms with Crippen molar-refractivity contribution < 1.29 is 14.3 Å². The molecule has 0 aliphatic carbocycles. The van der Waals surface area contributed by atoms with Crippen LogP contribution >= 0.6 is 0 Å². The van der Waals surface area contributed by atoms with Crippen LogP contribution in [0, 0.1) is 0 Å². The minimum Gasteiger partial charge on any atom is -0.496 e. The molecule has 4 rings (SSSR count). The third-order valence-electron chi connectivity index (χ3n) is 6.30. The number of morpholine rings is 1. The van der Waals surface area contributed by atoms with E-state index >= 15 is 0 Å². The molecule has 6 heteroatoms. The third-order valence-corrected chi connectivity index (χ3v) is 6.30. The fourth-order valence-corrected chi connectivity index (χ4v) is 4.92. The number of hydrogen-bond donors (Lipinski definition) is 1. The van der Waals surface area contributed by atoms with Crippen molar-refractivity contribution in [3.8, 4) is 5.75 Å². The largest absolute Gasteiger partial charge is 0.496 e. The summed E-state index contributed by atoms with van der Waals surface area (Å²) in [5, 5.41) is 3.30. The Morgan fingerprint density at radius 1 is 1.19 bits per heavy atom. The normalized spacial score (nSPS) is 28.6. The van der Waals surface area contributed by atoms with Crippen molar-refractivity contribution in [3.63, 3.8) is 0 Å². The molecule has 0 saturated carbocycles. The zero-order chi connectivity index (χ0) is 18.6. The molecule has 3 aliphatic heterocycles. The molecule has 27 heavy (non-hydrogen) atoms. The van der Waals surface area contributed by atoms with E-state index in [9.17, 15) is 4.79 Å². The standard InChI is InChI=1S/C21H31N3O3/c1-26-20-8-3-2-5-16(20)15-24-18-6-4-7-19(24)14-17(13-18)22-21(25)23-9-11-27-12-10-23/h2-3,5,8,17-19H,4,6-7,9-15H2,1H3,(H,22,25)/t18-,19-/m0/s1. The van der Waals surface area contributed by atoms with E-state index in [4.69, 9.17) is 9.47 Å². The molecule has 0 aromatic heterocycles. The first kappa shape index (κ1) is 18.6. The van der Waals surface area contributed by atoms with Crippen molar-refractivity contribution in [3.05, 3.63) is 29.8 Å². The number of ether oxygens (including phenoxy) is 2. The summed E-state index contributed by atoms with van der Waals surface area (Å²) in [6.07, 6.45) is 5.82. The quantitative estimate of drug-likeness (QED) is 0.882. The molecule has 6 nitrogen and oxygen atoms in total. The highest BCUT2D eigenvalue weighted by atomic mass is 16.5. The van der Waals surface area contributed by atoms with E-state index in [0.717, 1.165) is 25.1 Å². The molecule has 3 heterocycles. The van der Waals surface area contributed by atoms with Gasteiger partial charge in [0.1, 0.15) is 5.75 Å². The predicted octanol–water partition coefficient (Wildman–Crippen LogP) is 2.62. The van der Waals surface area contributed by atoms with Gasteiger partial charge in [0.25, 0.3) is 0 Å². The summed E-state index contributed by atoms with van der Waals surface area (Å²) in [6.45, 7) is 3.63. The van der Waals surface area contributed by atoms with Crippen molar-refractivity contribution >= 4 is 6.03 Å². The van der Waals surface area contributed by atoms with E-state index in [2.05, 4.69) is 22.3 Å². The molecule has 0 spiro atoms. The smallest absolute Gasteiger partial charge is 0.317 e. The molecule has 2 bridgehead atoms. The summed E-state index contributed by atoms with van der Waals surface area (Å²) >= 11 is 0. The maximum Gasteiger partial charge on any atom is 0.317 e. The van der Waals surface area contributed by atoms with Gasteiger partial charge >= 0.3 is 6.03 Å². The van der Waals surface area contributed by atoms with Crippen LogP contribution in [0.5, 0.6) is 5.75 Å². The molecule has 3 fully saturated rings. The topological polar surface area (TPSA) is 54.0 Å². The monoisotopic (exact) mass is 373 g/mol. The van der Waals surface area contributed by atoms with Crippen molar-refractivity contribution in [1.29, 1.82) is 0 Å². The number of nitrogens with zero attached hydrogens (tertiary/aromatic N) is 2. The van der Waals surface area contributed by atoms with E-state index in [0.29, 0.717) is 38.4 Å². The van der Waals surface area contributed by atoms with Gasteiger partial charge < -0.3 is 19.7 Å². The molecule has 2 amide bonds. The van der Waals surface area contributed by atoms with Gasteiger partial charge in [-0.25, -0.2) is 4.79 Å². The third kappa shape index (κ3) is 4.22.